The first-order valence-electron chi connectivity index (χ1n) is 11.4. The van der Waals surface area contributed by atoms with Crippen LogP contribution in [0.5, 0.6) is 0 Å². The minimum atomic E-state index is -0.535. The average Bonchev–Trinajstić information content (AvgIpc) is 2.85. The molecular formula is C25H26FN5O2. The zero-order chi connectivity index (χ0) is 22.8. The van der Waals surface area contributed by atoms with Gasteiger partial charge in [0.05, 0.1) is 22.9 Å². The third-order valence-electron chi connectivity index (χ3n) is 6.48. The smallest absolute Gasteiger partial charge is 0.257 e. The predicted octanol–water partition coefficient (Wildman–Crippen LogP) is 3.23. The third-order valence-corrected chi connectivity index (χ3v) is 6.48. The molecule has 3 aromatic rings. The van der Waals surface area contributed by atoms with Crippen LogP contribution in [0.3, 0.4) is 0 Å². The number of fused-ring (bicyclic) bond motifs is 1. The Morgan fingerprint density at radius 2 is 2.03 bits per heavy atom. The zero-order valence-electron chi connectivity index (χ0n) is 18.3. The SMILES string of the molecule is O=C(c1ccccc1F)N1CCCCC1c1nc2c(c(=O)[nH]1)CN(Cc1cccnc1)CC2. The van der Waals surface area contributed by atoms with Gasteiger partial charge in [0.25, 0.3) is 11.5 Å². The number of H-pyrrole nitrogens is 1. The first-order valence-corrected chi connectivity index (χ1v) is 11.4. The van der Waals surface area contributed by atoms with E-state index >= 15 is 0 Å². The van der Waals surface area contributed by atoms with E-state index in [0.29, 0.717) is 37.3 Å². The molecule has 5 rings (SSSR count). The summed E-state index contributed by atoms with van der Waals surface area (Å²) in [6, 6.07) is 9.60. The second-order valence-corrected chi connectivity index (χ2v) is 8.69. The van der Waals surface area contributed by atoms with Crippen LogP contribution in [0.15, 0.2) is 53.6 Å². The number of pyridine rings is 1. The Balaban J connectivity index is 1.39. The normalized spacial score (nSPS) is 18.7. The molecule has 2 aromatic heterocycles. The molecule has 0 radical (unpaired) electrons. The van der Waals surface area contributed by atoms with Gasteiger partial charge in [-0.1, -0.05) is 18.2 Å². The van der Waals surface area contributed by atoms with E-state index in [-0.39, 0.29) is 23.1 Å². The molecule has 1 unspecified atom stereocenters. The van der Waals surface area contributed by atoms with E-state index in [9.17, 15) is 14.0 Å². The standard InChI is InChI=1S/C25H26FN5O2/c26-20-8-2-1-7-18(20)25(33)31-12-4-3-9-22(31)23-28-21-10-13-30(16-19(21)24(32)29-23)15-17-6-5-11-27-14-17/h1-2,5-8,11,14,22H,3-4,9-10,12-13,15-16H2,(H,28,29,32). The van der Waals surface area contributed by atoms with E-state index in [1.165, 1.54) is 12.1 Å². The molecule has 8 heteroatoms. The van der Waals surface area contributed by atoms with Crippen molar-refractivity contribution < 1.29 is 9.18 Å². The molecule has 2 aliphatic heterocycles. The Bertz CT molecular complexity index is 1210. The lowest BCUT2D eigenvalue weighted by Crippen LogP contribution is -2.41. The number of hydrogen-bond acceptors (Lipinski definition) is 5. The fourth-order valence-electron chi connectivity index (χ4n) is 4.79. The largest absolute Gasteiger partial charge is 0.328 e. The Morgan fingerprint density at radius 3 is 2.85 bits per heavy atom. The average molecular weight is 448 g/mol. The van der Waals surface area contributed by atoms with Gasteiger partial charge in [0.1, 0.15) is 11.6 Å². The van der Waals surface area contributed by atoms with Crippen molar-refractivity contribution in [2.45, 2.75) is 44.8 Å². The van der Waals surface area contributed by atoms with Crippen LogP contribution in [0.4, 0.5) is 4.39 Å². The number of halogens is 1. The number of likely N-dealkylation sites (tertiary alicyclic amines) is 1. The van der Waals surface area contributed by atoms with Gasteiger partial charge in [0.15, 0.2) is 0 Å². The van der Waals surface area contributed by atoms with Crippen LogP contribution >= 0.6 is 0 Å². The molecule has 0 aliphatic carbocycles. The first-order chi connectivity index (χ1) is 16.1. The molecule has 2 aliphatic rings. The highest BCUT2D eigenvalue weighted by Crippen LogP contribution is 2.31. The van der Waals surface area contributed by atoms with Gasteiger partial charge in [-0.2, -0.15) is 0 Å². The summed E-state index contributed by atoms with van der Waals surface area (Å²) in [6.07, 6.45) is 6.71. The van der Waals surface area contributed by atoms with Crippen molar-refractivity contribution >= 4 is 5.91 Å². The molecule has 1 aromatic carbocycles. The Labute approximate surface area is 191 Å². The minimum Gasteiger partial charge on any atom is -0.328 e. The summed E-state index contributed by atoms with van der Waals surface area (Å²) in [5.41, 5.74) is 2.47. The fraction of sp³-hybridized carbons (Fsp3) is 0.360. The first kappa shape index (κ1) is 21.5. The number of piperidine rings is 1. The highest BCUT2D eigenvalue weighted by molar-refractivity contribution is 5.94. The summed E-state index contributed by atoms with van der Waals surface area (Å²) < 4.78 is 14.3. The van der Waals surface area contributed by atoms with Crippen molar-refractivity contribution in [3.63, 3.8) is 0 Å². The summed E-state index contributed by atoms with van der Waals surface area (Å²) in [5.74, 6) is -0.392. The maximum atomic E-state index is 14.3. The van der Waals surface area contributed by atoms with Crippen molar-refractivity contribution in [1.82, 2.24) is 24.8 Å². The summed E-state index contributed by atoms with van der Waals surface area (Å²) in [6.45, 7) is 2.55. The number of aromatic amines is 1. The van der Waals surface area contributed by atoms with Crippen LogP contribution in [-0.4, -0.2) is 43.7 Å². The van der Waals surface area contributed by atoms with Gasteiger partial charge in [-0.15, -0.1) is 0 Å². The van der Waals surface area contributed by atoms with Crippen LogP contribution in [0, 0.1) is 5.82 Å². The number of rotatable bonds is 4. The van der Waals surface area contributed by atoms with E-state index in [2.05, 4.69) is 14.9 Å². The Morgan fingerprint density at radius 1 is 1.15 bits per heavy atom. The molecule has 0 saturated carbocycles. The second kappa shape index (κ2) is 9.23. The molecule has 7 nitrogen and oxygen atoms in total. The van der Waals surface area contributed by atoms with Gasteiger partial charge < -0.3 is 9.88 Å². The van der Waals surface area contributed by atoms with Crippen LogP contribution < -0.4 is 5.56 Å². The summed E-state index contributed by atoms with van der Waals surface area (Å²) in [7, 11) is 0. The van der Waals surface area contributed by atoms with Crippen LogP contribution in [0.2, 0.25) is 0 Å². The third kappa shape index (κ3) is 4.43. The van der Waals surface area contributed by atoms with Gasteiger partial charge in [-0.25, -0.2) is 9.37 Å². The fourth-order valence-corrected chi connectivity index (χ4v) is 4.79. The lowest BCUT2D eigenvalue weighted by molar-refractivity contribution is 0.0594. The molecule has 0 spiro atoms. The quantitative estimate of drug-likeness (QED) is 0.664. The predicted molar refractivity (Wildman–Crippen MR) is 121 cm³/mol. The number of nitrogens with zero attached hydrogens (tertiary/aromatic N) is 4. The number of nitrogens with one attached hydrogen (secondary N) is 1. The molecule has 1 fully saturated rings. The zero-order valence-corrected chi connectivity index (χ0v) is 18.3. The van der Waals surface area contributed by atoms with Crippen molar-refractivity contribution in [3.05, 3.63) is 93.2 Å². The number of carbonyl (C=O) groups is 1. The molecule has 1 amide bonds. The summed E-state index contributed by atoms with van der Waals surface area (Å²) in [4.78, 5) is 42.0. The van der Waals surface area contributed by atoms with Gasteiger partial charge in [-0.05, 0) is 43.0 Å². The van der Waals surface area contributed by atoms with Crippen LogP contribution in [-0.2, 0) is 19.5 Å². The van der Waals surface area contributed by atoms with Crippen LogP contribution in [0.25, 0.3) is 0 Å². The minimum absolute atomic E-state index is 0.0516. The number of amides is 1. The van der Waals surface area contributed by atoms with Gasteiger partial charge in [0, 0.05) is 45.0 Å². The molecule has 1 atom stereocenters. The number of carbonyl (C=O) groups excluding carboxylic acids is 1. The monoisotopic (exact) mass is 447 g/mol. The highest BCUT2D eigenvalue weighted by Gasteiger charge is 2.33. The van der Waals surface area contributed by atoms with Crippen LogP contribution in [0.1, 0.15) is 58.3 Å². The molecule has 4 heterocycles. The summed E-state index contributed by atoms with van der Waals surface area (Å²) >= 11 is 0. The topological polar surface area (TPSA) is 82.2 Å². The molecule has 0 bridgehead atoms. The lowest BCUT2D eigenvalue weighted by atomic mass is 9.99. The van der Waals surface area contributed by atoms with Crippen molar-refractivity contribution in [1.29, 1.82) is 0 Å². The van der Waals surface area contributed by atoms with Crippen molar-refractivity contribution in [2.75, 3.05) is 13.1 Å². The number of aromatic nitrogens is 3. The molecule has 170 valence electrons. The van der Waals surface area contributed by atoms with Gasteiger partial charge >= 0.3 is 0 Å². The van der Waals surface area contributed by atoms with Gasteiger partial charge in [-0.3, -0.25) is 19.5 Å². The maximum absolute atomic E-state index is 14.3. The van der Waals surface area contributed by atoms with E-state index in [0.717, 1.165) is 37.2 Å². The van der Waals surface area contributed by atoms with E-state index in [4.69, 9.17) is 4.98 Å². The number of benzene rings is 1. The van der Waals surface area contributed by atoms with E-state index in [1.54, 1.807) is 23.2 Å². The van der Waals surface area contributed by atoms with E-state index < -0.39 is 5.82 Å². The van der Waals surface area contributed by atoms with Crippen molar-refractivity contribution in [3.8, 4) is 0 Å². The molecular weight excluding hydrogens is 421 g/mol. The Hall–Kier alpha value is -3.39. The molecule has 1 N–H and O–H groups in total. The van der Waals surface area contributed by atoms with E-state index in [1.807, 2.05) is 18.3 Å². The maximum Gasteiger partial charge on any atom is 0.257 e. The highest BCUT2D eigenvalue weighted by atomic mass is 19.1. The Kier molecular flexibility index (Phi) is 6.00. The van der Waals surface area contributed by atoms with Gasteiger partial charge in [0.2, 0.25) is 0 Å². The summed E-state index contributed by atoms with van der Waals surface area (Å²) in [5, 5.41) is 0. The molecule has 1 saturated heterocycles. The number of hydrogen-bond donors (Lipinski definition) is 1. The van der Waals surface area contributed by atoms with Crippen molar-refractivity contribution in [2.24, 2.45) is 0 Å². The molecule has 33 heavy (non-hydrogen) atoms. The second-order valence-electron chi connectivity index (χ2n) is 8.69. The lowest BCUT2D eigenvalue weighted by Gasteiger charge is -2.36.